The van der Waals surface area contributed by atoms with Gasteiger partial charge in [-0.1, -0.05) is 24.3 Å². The Hall–Kier alpha value is -2.42. The van der Waals surface area contributed by atoms with Gasteiger partial charge < -0.3 is 14.8 Å². The lowest BCUT2D eigenvalue weighted by Crippen LogP contribution is -2.40. The number of nitrogens with zero attached hydrogens (tertiary/aromatic N) is 1. The van der Waals surface area contributed by atoms with Crippen molar-refractivity contribution in [2.24, 2.45) is 0 Å². The lowest BCUT2D eigenvalue weighted by molar-refractivity contribution is -0.121. The fraction of sp³-hybridized carbons (Fsp3) is 0.409. The molecule has 0 spiro atoms. The number of sulfonamides is 1. The van der Waals surface area contributed by atoms with Gasteiger partial charge in [0.05, 0.1) is 25.2 Å². The van der Waals surface area contributed by atoms with Gasteiger partial charge in [-0.2, -0.15) is 4.31 Å². The van der Waals surface area contributed by atoms with Crippen LogP contribution in [-0.2, 0) is 32.5 Å². The first-order valence-electron chi connectivity index (χ1n) is 9.98. The first-order chi connectivity index (χ1) is 14.4. The maximum atomic E-state index is 12.9. The standard InChI is InChI=1S/C22H28N2O5S/c1-17-5-3-4-6-19(17)16-23-22(25)10-7-18-15-20(8-9-21(18)28-2)30(26,27)24-11-13-29-14-12-24/h3-6,8-9,15H,7,10-14,16H2,1-2H3,(H,23,25). The van der Waals surface area contributed by atoms with Crippen LogP contribution in [0.25, 0.3) is 0 Å². The van der Waals surface area contributed by atoms with Gasteiger partial charge in [-0.25, -0.2) is 8.42 Å². The molecule has 1 aliphatic rings. The van der Waals surface area contributed by atoms with E-state index in [1.54, 1.807) is 18.2 Å². The summed E-state index contributed by atoms with van der Waals surface area (Å²) in [5.41, 5.74) is 2.89. The molecule has 1 amide bonds. The Labute approximate surface area is 178 Å². The highest BCUT2D eigenvalue weighted by atomic mass is 32.2. The van der Waals surface area contributed by atoms with Gasteiger partial charge in [-0.05, 0) is 48.2 Å². The summed E-state index contributed by atoms with van der Waals surface area (Å²) >= 11 is 0. The lowest BCUT2D eigenvalue weighted by atomic mass is 10.1. The summed E-state index contributed by atoms with van der Waals surface area (Å²) in [5, 5.41) is 2.92. The summed E-state index contributed by atoms with van der Waals surface area (Å²) in [6.07, 6.45) is 0.624. The molecular formula is C22H28N2O5S. The van der Waals surface area contributed by atoms with Crippen molar-refractivity contribution in [3.05, 3.63) is 59.2 Å². The molecule has 30 heavy (non-hydrogen) atoms. The van der Waals surface area contributed by atoms with E-state index in [4.69, 9.17) is 9.47 Å². The first kappa shape index (κ1) is 22.3. The van der Waals surface area contributed by atoms with E-state index in [0.29, 0.717) is 50.6 Å². The van der Waals surface area contributed by atoms with E-state index in [2.05, 4.69) is 5.32 Å². The topological polar surface area (TPSA) is 84.9 Å². The van der Waals surface area contributed by atoms with Gasteiger partial charge >= 0.3 is 0 Å². The fourth-order valence-corrected chi connectivity index (χ4v) is 4.84. The van der Waals surface area contributed by atoms with E-state index in [1.165, 1.54) is 11.4 Å². The smallest absolute Gasteiger partial charge is 0.243 e. The molecule has 8 heteroatoms. The summed E-state index contributed by atoms with van der Waals surface area (Å²) in [7, 11) is -2.07. The molecule has 1 heterocycles. The van der Waals surface area contributed by atoms with Crippen LogP contribution in [0.3, 0.4) is 0 Å². The molecule has 0 aliphatic carbocycles. The number of rotatable bonds is 8. The molecule has 2 aromatic rings. The largest absolute Gasteiger partial charge is 0.496 e. The third-order valence-corrected chi connectivity index (χ3v) is 7.11. The summed E-state index contributed by atoms with van der Waals surface area (Å²) < 4.78 is 37.9. The van der Waals surface area contributed by atoms with Gasteiger partial charge in [0.2, 0.25) is 15.9 Å². The third-order valence-electron chi connectivity index (χ3n) is 5.22. The summed E-state index contributed by atoms with van der Waals surface area (Å²) in [5.74, 6) is 0.476. The van der Waals surface area contributed by atoms with Crippen molar-refractivity contribution in [2.75, 3.05) is 33.4 Å². The minimum atomic E-state index is -3.60. The Kier molecular flexibility index (Phi) is 7.47. The van der Waals surface area contributed by atoms with Gasteiger partial charge in [-0.15, -0.1) is 0 Å². The number of carbonyl (C=O) groups is 1. The molecule has 1 fully saturated rings. The molecule has 1 N–H and O–H groups in total. The number of hydrogen-bond acceptors (Lipinski definition) is 5. The van der Waals surface area contributed by atoms with Gasteiger partial charge in [0.1, 0.15) is 5.75 Å². The van der Waals surface area contributed by atoms with E-state index < -0.39 is 10.0 Å². The zero-order chi connectivity index (χ0) is 21.6. The second-order valence-corrected chi connectivity index (χ2v) is 9.13. The van der Waals surface area contributed by atoms with Gasteiger partial charge in [0, 0.05) is 26.1 Å². The van der Waals surface area contributed by atoms with Crippen molar-refractivity contribution in [3.63, 3.8) is 0 Å². The minimum Gasteiger partial charge on any atom is -0.496 e. The Morgan fingerprint density at radius 3 is 2.57 bits per heavy atom. The van der Waals surface area contributed by atoms with Crippen LogP contribution in [0.5, 0.6) is 5.75 Å². The van der Waals surface area contributed by atoms with Crippen molar-refractivity contribution >= 4 is 15.9 Å². The highest BCUT2D eigenvalue weighted by Crippen LogP contribution is 2.26. The van der Waals surface area contributed by atoms with Crippen LogP contribution >= 0.6 is 0 Å². The molecule has 1 saturated heterocycles. The molecule has 0 atom stereocenters. The highest BCUT2D eigenvalue weighted by molar-refractivity contribution is 7.89. The Morgan fingerprint density at radius 1 is 1.13 bits per heavy atom. The minimum absolute atomic E-state index is 0.0956. The van der Waals surface area contributed by atoms with Crippen LogP contribution in [-0.4, -0.2) is 52.0 Å². The molecule has 0 saturated carbocycles. The number of ether oxygens (including phenoxy) is 2. The molecule has 2 aromatic carbocycles. The number of carbonyl (C=O) groups excluding carboxylic acids is 1. The van der Waals surface area contributed by atoms with Gasteiger partial charge in [-0.3, -0.25) is 4.79 Å². The Morgan fingerprint density at radius 2 is 1.87 bits per heavy atom. The predicted molar refractivity (Wildman–Crippen MR) is 114 cm³/mol. The molecule has 7 nitrogen and oxygen atoms in total. The number of nitrogens with one attached hydrogen (secondary N) is 1. The van der Waals surface area contributed by atoms with E-state index >= 15 is 0 Å². The monoisotopic (exact) mass is 432 g/mol. The van der Waals surface area contributed by atoms with Crippen molar-refractivity contribution in [1.82, 2.24) is 9.62 Å². The number of amides is 1. The number of morpholine rings is 1. The molecule has 0 unspecified atom stereocenters. The van der Waals surface area contributed by atoms with Gasteiger partial charge in [0.25, 0.3) is 0 Å². The molecule has 0 aromatic heterocycles. The summed E-state index contributed by atoms with van der Waals surface area (Å²) in [4.78, 5) is 12.5. The maximum absolute atomic E-state index is 12.9. The van der Waals surface area contributed by atoms with Crippen LogP contribution in [0.4, 0.5) is 0 Å². The molecular weight excluding hydrogens is 404 g/mol. The normalized spacial score (nSPS) is 15.0. The number of methoxy groups -OCH3 is 1. The Balaban J connectivity index is 1.66. The molecule has 3 rings (SSSR count). The quantitative estimate of drug-likeness (QED) is 0.692. The lowest BCUT2D eigenvalue weighted by Gasteiger charge is -2.26. The van der Waals surface area contributed by atoms with Crippen molar-refractivity contribution < 1.29 is 22.7 Å². The van der Waals surface area contributed by atoms with Crippen molar-refractivity contribution in [3.8, 4) is 5.75 Å². The zero-order valence-corrected chi connectivity index (χ0v) is 18.2. The Bertz CT molecular complexity index is 985. The third kappa shape index (κ3) is 5.38. The van der Waals surface area contributed by atoms with E-state index in [1.807, 2.05) is 31.2 Å². The van der Waals surface area contributed by atoms with Crippen LogP contribution in [0.1, 0.15) is 23.1 Å². The van der Waals surface area contributed by atoms with Crippen molar-refractivity contribution in [2.45, 2.75) is 31.2 Å². The van der Waals surface area contributed by atoms with Crippen LogP contribution in [0.15, 0.2) is 47.4 Å². The fourth-order valence-electron chi connectivity index (χ4n) is 3.39. The second-order valence-electron chi connectivity index (χ2n) is 7.19. The molecule has 162 valence electrons. The number of benzene rings is 2. The second kappa shape index (κ2) is 10.1. The van der Waals surface area contributed by atoms with E-state index in [9.17, 15) is 13.2 Å². The SMILES string of the molecule is COc1ccc(S(=O)(=O)N2CCOCC2)cc1CCC(=O)NCc1ccccc1C. The van der Waals surface area contributed by atoms with E-state index in [0.717, 1.165) is 11.1 Å². The number of aryl methyl sites for hydroxylation is 2. The average Bonchev–Trinajstić information content (AvgIpc) is 2.77. The van der Waals surface area contributed by atoms with Crippen LogP contribution in [0, 0.1) is 6.92 Å². The zero-order valence-electron chi connectivity index (χ0n) is 17.4. The van der Waals surface area contributed by atoms with Crippen LogP contribution in [0.2, 0.25) is 0 Å². The first-order valence-corrected chi connectivity index (χ1v) is 11.4. The molecule has 1 aliphatic heterocycles. The predicted octanol–water partition coefficient (Wildman–Crippen LogP) is 2.27. The highest BCUT2D eigenvalue weighted by Gasteiger charge is 2.27. The van der Waals surface area contributed by atoms with Crippen LogP contribution < -0.4 is 10.1 Å². The van der Waals surface area contributed by atoms with Gasteiger partial charge in [0.15, 0.2) is 0 Å². The molecule has 0 bridgehead atoms. The summed E-state index contributed by atoms with van der Waals surface area (Å²) in [6.45, 7) is 3.93. The average molecular weight is 433 g/mol. The summed E-state index contributed by atoms with van der Waals surface area (Å²) in [6, 6.07) is 12.7. The molecule has 0 radical (unpaired) electrons. The van der Waals surface area contributed by atoms with E-state index in [-0.39, 0.29) is 17.2 Å². The maximum Gasteiger partial charge on any atom is 0.243 e. The van der Waals surface area contributed by atoms with Crippen molar-refractivity contribution in [1.29, 1.82) is 0 Å². The number of hydrogen-bond donors (Lipinski definition) is 1.